The number of fused-ring (bicyclic) bond motifs is 1. The molecule has 0 radical (unpaired) electrons. The maximum atomic E-state index is 9.70. The third-order valence-electron chi connectivity index (χ3n) is 5.35. The molecule has 158 valence electrons. The van der Waals surface area contributed by atoms with Gasteiger partial charge >= 0.3 is 0 Å². The first-order valence-corrected chi connectivity index (χ1v) is 10.5. The van der Waals surface area contributed by atoms with Gasteiger partial charge in [0, 0.05) is 19.1 Å². The summed E-state index contributed by atoms with van der Waals surface area (Å²) in [6.45, 7) is 1.84. The molecule has 7 heteroatoms. The molecule has 1 fully saturated rings. The first kappa shape index (κ1) is 20.7. The molecule has 0 saturated heterocycles. The van der Waals surface area contributed by atoms with E-state index in [0.717, 1.165) is 53.7 Å². The van der Waals surface area contributed by atoms with Crippen molar-refractivity contribution in [1.29, 1.82) is 0 Å². The molecule has 1 aromatic heterocycles. The summed E-state index contributed by atoms with van der Waals surface area (Å²) < 4.78 is 6.32. The number of H-pyrrole nitrogens is 1. The van der Waals surface area contributed by atoms with Crippen LogP contribution in [0.4, 0.5) is 0 Å². The second-order valence-electron chi connectivity index (χ2n) is 8.02. The number of nitrogens with zero attached hydrogens (tertiary/aromatic N) is 2. The van der Waals surface area contributed by atoms with Crippen LogP contribution in [0, 0.1) is 0 Å². The fraction of sp³-hybridized carbons (Fsp3) is 0.348. The molecule has 1 aliphatic rings. The summed E-state index contributed by atoms with van der Waals surface area (Å²) in [6, 6.07) is 9.72. The van der Waals surface area contributed by atoms with Gasteiger partial charge in [-0.05, 0) is 62.3 Å². The Balaban J connectivity index is 1.41. The summed E-state index contributed by atoms with van der Waals surface area (Å²) in [6.07, 6.45) is 8.30. The molecule has 3 aromatic rings. The molecule has 0 bridgehead atoms. The summed E-state index contributed by atoms with van der Waals surface area (Å²) in [4.78, 5) is 2.14. The van der Waals surface area contributed by atoms with Crippen molar-refractivity contribution in [2.24, 2.45) is 0 Å². The molecule has 30 heavy (non-hydrogen) atoms. The number of rotatable bonds is 8. The number of halogens is 1. The number of ether oxygens (including phenoxy) is 1. The number of phenolic OH excluding ortho intramolecular Hbond substituents is 1. The zero-order valence-corrected chi connectivity index (χ0v) is 18.0. The fourth-order valence-electron chi connectivity index (χ4n) is 3.58. The Morgan fingerprint density at radius 1 is 1.23 bits per heavy atom. The van der Waals surface area contributed by atoms with Gasteiger partial charge in [0.1, 0.15) is 17.6 Å². The van der Waals surface area contributed by atoms with Crippen LogP contribution >= 0.6 is 11.6 Å². The Morgan fingerprint density at radius 3 is 2.83 bits per heavy atom. The summed E-state index contributed by atoms with van der Waals surface area (Å²) >= 11 is 6.09. The van der Waals surface area contributed by atoms with Gasteiger partial charge in [0.2, 0.25) is 0 Å². The smallest absolute Gasteiger partial charge is 0.134 e. The Morgan fingerprint density at radius 2 is 2.07 bits per heavy atom. The van der Waals surface area contributed by atoms with Crippen molar-refractivity contribution < 1.29 is 9.84 Å². The monoisotopic (exact) mass is 426 g/mol. The van der Waals surface area contributed by atoms with Crippen LogP contribution in [0.1, 0.15) is 12.8 Å². The lowest BCUT2D eigenvalue weighted by Gasteiger charge is -2.36. The number of aromatic amines is 1. The first-order chi connectivity index (χ1) is 14.5. The maximum absolute atomic E-state index is 9.70. The van der Waals surface area contributed by atoms with E-state index in [1.54, 1.807) is 18.3 Å². The van der Waals surface area contributed by atoms with Crippen molar-refractivity contribution in [3.05, 3.63) is 53.7 Å². The third-order valence-corrected chi connectivity index (χ3v) is 5.65. The van der Waals surface area contributed by atoms with Gasteiger partial charge < -0.3 is 20.1 Å². The Labute approximate surface area is 181 Å². The Bertz CT molecular complexity index is 1040. The number of hydrogen-bond acceptors (Lipinski definition) is 5. The minimum atomic E-state index is 0.0732. The number of benzene rings is 2. The van der Waals surface area contributed by atoms with E-state index < -0.39 is 0 Å². The molecule has 1 aliphatic carbocycles. The summed E-state index contributed by atoms with van der Waals surface area (Å²) in [5.41, 5.74) is 2.78. The van der Waals surface area contributed by atoms with Gasteiger partial charge in [-0.3, -0.25) is 5.10 Å². The molecule has 0 atom stereocenters. The van der Waals surface area contributed by atoms with Crippen molar-refractivity contribution in [3.8, 4) is 22.6 Å². The minimum Gasteiger partial charge on any atom is -0.506 e. The number of likely N-dealkylation sites (N-methyl/N-ethyl adjacent to an activating group) is 1. The molecule has 4 rings (SSSR count). The normalized spacial score (nSPS) is 18.9. The van der Waals surface area contributed by atoms with Crippen LogP contribution in [-0.2, 0) is 0 Å². The second-order valence-corrected chi connectivity index (χ2v) is 8.43. The maximum Gasteiger partial charge on any atom is 0.134 e. The SMILES string of the molecule is CN(C)C/C=C/CN[C@H]1C[C@H](Oc2cc(-c3ccc(O)c(Cl)c3)cc3[nH]ncc23)C1. The quantitative estimate of drug-likeness (QED) is 0.470. The van der Waals surface area contributed by atoms with Crippen LogP contribution in [0.25, 0.3) is 22.0 Å². The largest absolute Gasteiger partial charge is 0.506 e. The molecule has 6 nitrogen and oxygen atoms in total. The molecule has 0 unspecified atom stereocenters. The molecule has 1 heterocycles. The van der Waals surface area contributed by atoms with E-state index in [1.807, 2.05) is 18.2 Å². The van der Waals surface area contributed by atoms with Gasteiger partial charge in [-0.25, -0.2) is 0 Å². The summed E-state index contributed by atoms with van der Waals surface area (Å²) in [5, 5.41) is 21.7. The molecule has 2 aromatic carbocycles. The molecule has 3 N–H and O–H groups in total. The average molecular weight is 427 g/mol. The predicted octanol–water partition coefficient (Wildman–Crippen LogP) is 4.21. The molecular formula is C23H27ClN4O2. The minimum absolute atomic E-state index is 0.0732. The highest BCUT2D eigenvalue weighted by molar-refractivity contribution is 6.32. The van der Waals surface area contributed by atoms with Crippen molar-refractivity contribution in [2.75, 3.05) is 27.2 Å². The first-order valence-electron chi connectivity index (χ1n) is 10.2. The van der Waals surface area contributed by atoms with Crippen LogP contribution in [0.2, 0.25) is 5.02 Å². The average Bonchev–Trinajstić information content (AvgIpc) is 3.16. The highest BCUT2D eigenvalue weighted by Crippen LogP contribution is 2.36. The highest BCUT2D eigenvalue weighted by atomic mass is 35.5. The van der Waals surface area contributed by atoms with E-state index in [2.05, 4.69) is 46.7 Å². The third kappa shape index (κ3) is 4.78. The zero-order valence-electron chi connectivity index (χ0n) is 17.2. The van der Waals surface area contributed by atoms with Gasteiger partial charge in [0.15, 0.2) is 0 Å². The molecule has 1 saturated carbocycles. The molecular weight excluding hydrogens is 400 g/mol. The van der Waals surface area contributed by atoms with E-state index in [-0.39, 0.29) is 11.9 Å². The van der Waals surface area contributed by atoms with Crippen LogP contribution < -0.4 is 10.1 Å². The van der Waals surface area contributed by atoms with E-state index in [4.69, 9.17) is 16.3 Å². The number of aromatic nitrogens is 2. The van der Waals surface area contributed by atoms with Crippen molar-refractivity contribution >= 4 is 22.5 Å². The van der Waals surface area contributed by atoms with Crippen LogP contribution in [-0.4, -0.2) is 59.5 Å². The standard InChI is InChI=1S/C23H27ClN4O2/c1-28(2)8-4-3-7-25-17-12-18(13-17)30-23-11-16(10-21-19(23)14-26-27-21)15-5-6-22(29)20(24)9-15/h3-6,9-11,14,17-18,25,29H,7-8,12-13H2,1-2H3,(H,26,27)/b4-3+/t17-,18-. The van der Waals surface area contributed by atoms with Crippen LogP contribution in [0.5, 0.6) is 11.5 Å². The summed E-state index contributed by atoms with van der Waals surface area (Å²) in [7, 11) is 4.13. The van der Waals surface area contributed by atoms with Crippen molar-refractivity contribution in [3.63, 3.8) is 0 Å². The topological polar surface area (TPSA) is 73.4 Å². The second kappa shape index (κ2) is 9.08. The Hall–Kier alpha value is -2.54. The lowest BCUT2D eigenvalue weighted by molar-refractivity contribution is 0.0883. The van der Waals surface area contributed by atoms with Gasteiger partial charge in [-0.15, -0.1) is 0 Å². The number of hydrogen-bond donors (Lipinski definition) is 3. The predicted molar refractivity (Wildman–Crippen MR) is 121 cm³/mol. The molecule has 0 aliphatic heterocycles. The van der Waals surface area contributed by atoms with Gasteiger partial charge in [-0.2, -0.15) is 5.10 Å². The van der Waals surface area contributed by atoms with E-state index >= 15 is 0 Å². The molecule has 0 amide bonds. The lowest BCUT2D eigenvalue weighted by atomic mass is 9.89. The molecule has 0 spiro atoms. The van der Waals surface area contributed by atoms with Crippen molar-refractivity contribution in [1.82, 2.24) is 20.4 Å². The summed E-state index contributed by atoms with van der Waals surface area (Å²) in [5.74, 6) is 0.888. The van der Waals surface area contributed by atoms with Crippen LogP contribution in [0.15, 0.2) is 48.7 Å². The van der Waals surface area contributed by atoms with Gasteiger partial charge in [-0.1, -0.05) is 29.8 Å². The van der Waals surface area contributed by atoms with E-state index in [1.165, 1.54) is 0 Å². The van der Waals surface area contributed by atoms with Crippen LogP contribution in [0.3, 0.4) is 0 Å². The van der Waals surface area contributed by atoms with Gasteiger partial charge in [0.25, 0.3) is 0 Å². The fourth-order valence-corrected chi connectivity index (χ4v) is 3.76. The van der Waals surface area contributed by atoms with Crippen molar-refractivity contribution in [2.45, 2.75) is 25.0 Å². The number of nitrogens with one attached hydrogen (secondary N) is 2. The lowest BCUT2D eigenvalue weighted by Crippen LogP contribution is -2.46. The Kier molecular flexibility index (Phi) is 6.27. The highest BCUT2D eigenvalue weighted by Gasteiger charge is 2.30. The van der Waals surface area contributed by atoms with E-state index in [9.17, 15) is 5.11 Å². The van der Waals surface area contributed by atoms with E-state index in [0.29, 0.717) is 11.1 Å². The number of phenols is 1. The zero-order chi connectivity index (χ0) is 21.1. The number of aromatic hydroxyl groups is 1. The van der Waals surface area contributed by atoms with Gasteiger partial charge in [0.05, 0.1) is 22.1 Å².